The Labute approximate surface area is 206 Å². The Hall–Kier alpha value is -4.21. The summed E-state index contributed by atoms with van der Waals surface area (Å²) in [5.74, 6) is -2.31. The van der Waals surface area contributed by atoms with Crippen LogP contribution in [0.4, 0.5) is 0 Å². The van der Waals surface area contributed by atoms with Gasteiger partial charge in [0.25, 0.3) is 5.91 Å². The third-order valence-corrected chi connectivity index (χ3v) is 6.00. The lowest BCUT2D eigenvalue weighted by molar-refractivity contribution is -0.145. The minimum absolute atomic E-state index is 0.132. The Balaban J connectivity index is 1.61. The smallest absolute Gasteiger partial charge is 0.313 e. The number of hydrogen-bond acceptors (Lipinski definition) is 7. The zero-order valence-corrected chi connectivity index (χ0v) is 19.6. The molecular formula is C26H22N4O4S. The molecule has 0 bridgehead atoms. The maximum Gasteiger partial charge on any atom is 0.313 e. The lowest BCUT2D eigenvalue weighted by Gasteiger charge is -2.18. The van der Waals surface area contributed by atoms with Gasteiger partial charge in [0.1, 0.15) is 16.7 Å². The maximum atomic E-state index is 13.3. The van der Waals surface area contributed by atoms with E-state index in [4.69, 9.17) is 0 Å². The molecule has 0 fully saturated rings. The molecule has 35 heavy (non-hydrogen) atoms. The van der Waals surface area contributed by atoms with E-state index in [1.54, 1.807) is 18.3 Å². The molecule has 1 atom stereocenters. The highest BCUT2D eigenvalue weighted by Crippen LogP contribution is 2.29. The van der Waals surface area contributed by atoms with Crippen LogP contribution in [-0.4, -0.2) is 40.7 Å². The molecule has 0 aliphatic rings. The summed E-state index contributed by atoms with van der Waals surface area (Å²) in [5, 5.41) is 5.17. The van der Waals surface area contributed by atoms with Gasteiger partial charge in [-0.25, -0.2) is 10.5 Å². The molecule has 0 aliphatic carbocycles. The van der Waals surface area contributed by atoms with Crippen molar-refractivity contribution in [3.05, 3.63) is 95.5 Å². The van der Waals surface area contributed by atoms with E-state index in [0.29, 0.717) is 10.7 Å². The summed E-state index contributed by atoms with van der Waals surface area (Å²) < 4.78 is 0. The first kappa shape index (κ1) is 23.9. The Morgan fingerprint density at radius 3 is 2.40 bits per heavy atom. The van der Waals surface area contributed by atoms with Crippen molar-refractivity contribution in [3.8, 4) is 22.0 Å². The van der Waals surface area contributed by atoms with Gasteiger partial charge in [0, 0.05) is 23.6 Å². The molecular weight excluding hydrogens is 464 g/mol. The summed E-state index contributed by atoms with van der Waals surface area (Å²) in [6.45, 7) is 0. The van der Waals surface area contributed by atoms with Crippen molar-refractivity contribution in [2.75, 3.05) is 7.11 Å². The quantitative estimate of drug-likeness (QED) is 0.277. The second-order valence-corrected chi connectivity index (χ2v) is 8.38. The number of pyridine rings is 1. The van der Waals surface area contributed by atoms with Crippen molar-refractivity contribution in [2.24, 2.45) is 0 Å². The van der Waals surface area contributed by atoms with E-state index in [0.717, 1.165) is 16.8 Å². The number of Topliss-reactive ketones (excluding diaryl/α,β-unsaturated/α-hetero) is 1. The van der Waals surface area contributed by atoms with Crippen LogP contribution in [0, 0.1) is 0 Å². The van der Waals surface area contributed by atoms with Gasteiger partial charge in [0.05, 0.1) is 18.4 Å². The Morgan fingerprint density at radius 2 is 1.69 bits per heavy atom. The SMILES string of the molecule is CONC(=O)C(=O)C(Cc1ccccc1)NC(=O)c1cccnc1-c1nc(-c2ccccc2)cs1. The van der Waals surface area contributed by atoms with Crippen LogP contribution in [0.1, 0.15) is 15.9 Å². The van der Waals surface area contributed by atoms with Gasteiger partial charge in [0.2, 0.25) is 5.78 Å². The number of carbonyl (C=O) groups is 3. The van der Waals surface area contributed by atoms with Gasteiger partial charge >= 0.3 is 5.91 Å². The highest BCUT2D eigenvalue weighted by atomic mass is 32.1. The molecule has 1 unspecified atom stereocenters. The first-order valence-corrected chi connectivity index (χ1v) is 11.6. The molecule has 4 rings (SSSR count). The van der Waals surface area contributed by atoms with E-state index in [1.807, 2.05) is 71.5 Å². The third-order valence-electron chi connectivity index (χ3n) is 5.15. The molecule has 2 aromatic carbocycles. The van der Waals surface area contributed by atoms with Gasteiger partial charge in [-0.2, -0.15) is 0 Å². The summed E-state index contributed by atoms with van der Waals surface area (Å²) in [4.78, 5) is 51.9. The fraction of sp³-hybridized carbons (Fsp3) is 0.115. The van der Waals surface area contributed by atoms with Crippen LogP contribution in [0.25, 0.3) is 22.0 Å². The number of rotatable bonds is 9. The van der Waals surface area contributed by atoms with Crippen molar-refractivity contribution in [2.45, 2.75) is 12.5 Å². The average Bonchev–Trinajstić information content (AvgIpc) is 3.39. The van der Waals surface area contributed by atoms with Gasteiger partial charge in [-0.15, -0.1) is 11.3 Å². The number of aromatic nitrogens is 2. The van der Waals surface area contributed by atoms with E-state index in [9.17, 15) is 14.4 Å². The first-order valence-electron chi connectivity index (χ1n) is 10.7. The monoisotopic (exact) mass is 486 g/mol. The summed E-state index contributed by atoms with van der Waals surface area (Å²) in [6, 6.07) is 20.9. The van der Waals surface area contributed by atoms with Crippen molar-refractivity contribution in [1.82, 2.24) is 20.8 Å². The molecule has 176 valence electrons. The van der Waals surface area contributed by atoms with Crippen molar-refractivity contribution in [3.63, 3.8) is 0 Å². The molecule has 2 N–H and O–H groups in total. The summed E-state index contributed by atoms with van der Waals surface area (Å²) in [6.07, 6.45) is 1.71. The number of thiazole rings is 1. The Bertz CT molecular complexity index is 1330. The number of carbonyl (C=O) groups excluding carboxylic acids is 3. The molecule has 0 radical (unpaired) electrons. The van der Waals surface area contributed by atoms with Gasteiger partial charge in [0.15, 0.2) is 0 Å². The normalized spacial score (nSPS) is 11.5. The molecule has 9 heteroatoms. The van der Waals surface area contributed by atoms with E-state index in [-0.39, 0.29) is 12.0 Å². The third kappa shape index (κ3) is 5.84. The van der Waals surface area contributed by atoms with Gasteiger partial charge in [-0.1, -0.05) is 60.7 Å². The fourth-order valence-corrected chi connectivity index (χ4v) is 4.32. The molecule has 2 heterocycles. The van der Waals surface area contributed by atoms with Crippen LogP contribution < -0.4 is 10.8 Å². The molecule has 8 nitrogen and oxygen atoms in total. The number of nitrogens with zero attached hydrogens (tertiary/aromatic N) is 2. The second-order valence-electron chi connectivity index (χ2n) is 7.52. The molecule has 2 aromatic heterocycles. The average molecular weight is 487 g/mol. The molecule has 0 spiro atoms. The molecule has 4 aromatic rings. The summed E-state index contributed by atoms with van der Waals surface area (Å²) >= 11 is 1.37. The second kappa shape index (κ2) is 11.3. The van der Waals surface area contributed by atoms with Crippen LogP contribution in [0.5, 0.6) is 0 Å². The zero-order valence-electron chi connectivity index (χ0n) is 18.8. The maximum absolute atomic E-state index is 13.3. The van der Waals surface area contributed by atoms with Crippen molar-refractivity contribution in [1.29, 1.82) is 0 Å². The molecule has 2 amide bonds. The number of benzene rings is 2. The minimum atomic E-state index is -1.11. The predicted octanol–water partition coefficient (Wildman–Crippen LogP) is 3.46. The fourth-order valence-electron chi connectivity index (χ4n) is 3.48. The number of nitrogens with one attached hydrogen (secondary N) is 2. The molecule has 0 saturated heterocycles. The van der Waals surface area contributed by atoms with Crippen LogP contribution in [0.3, 0.4) is 0 Å². The van der Waals surface area contributed by atoms with Crippen LogP contribution in [-0.2, 0) is 20.8 Å². The minimum Gasteiger partial charge on any atom is -0.341 e. The summed E-state index contributed by atoms with van der Waals surface area (Å²) in [5.41, 5.74) is 5.18. The van der Waals surface area contributed by atoms with E-state index in [2.05, 4.69) is 20.1 Å². The number of amides is 2. The predicted molar refractivity (Wildman–Crippen MR) is 132 cm³/mol. The number of hydroxylamine groups is 1. The van der Waals surface area contributed by atoms with Crippen molar-refractivity contribution >= 4 is 28.9 Å². The Morgan fingerprint density at radius 1 is 0.971 bits per heavy atom. The van der Waals surface area contributed by atoms with Crippen LogP contribution in [0.2, 0.25) is 0 Å². The number of ketones is 1. The molecule has 0 saturated carbocycles. The van der Waals surface area contributed by atoms with Gasteiger partial charge in [-0.3, -0.25) is 24.2 Å². The first-order chi connectivity index (χ1) is 17.1. The highest BCUT2D eigenvalue weighted by Gasteiger charge is 2.29. The van der Waals surface area contributed by atoms with E-state index in [1.165, 1.54) is 18.4 Å². The standard InChI is InChI=1S/C26H22N4O4S/c1-34-30-25(33)23(31)20(15-17-9-4-2-5-10-17)28-24(32)19-13-8-14-27-22(19)26-29-21(16-35-26)18-11-6-3-7-12-18/h2-14,16,20H,15H2,1H3,(H,28,32)(H,30,33). The van der Waals surface area contributed by atoms with Crippen LogP contribution >= 0.6 is 11.3 Å². The molecule has 0 aliphatic heterocycles. The zero-order chi connectivity index (χ0) is 24.6. The Kier molecular flexibility index (Phi) is 7.71. The largest absolute Gasteiger partial charge is 0.341 e. The van der Waals surface area contributed by atoms with Crippen molar-refractivity contribution < 1.29 is 19.2 Å². The lowest BCUT2D eigenvalue weighted by atomic mass is 10.0. The van der Waals surface area contributed by atoms with Crippen LogP contribution in [0.15, 0.2) is 84.4 Å². The van der Waals surface area contributed by atoms with E-state index >= 15 is 0 Å². The van der Waals surface area contributed by atoms with Gasteiger partial charge < -0.3 is 5.32 Å². The highest BCUT2D eigenvalue weighted by molar-refractivity contribution is 7.13. The number of hydrogen-bond donors (Lipinski definition) is 2. The summed E-state index contributed by atoms with van der Waals surface area (Å²) in [7, 11) is 1.23. The topological polar surface area (TPSA) is 110 Å². The lowest BCUT2D eigenvalue weighted by Crippen LogP contribution is -2.48. The van der Waals surface area contributed by atoms with E-state index < -0.39 is 23.6 Å². The van der Waals surface area contributed by atoms with Gasteiger partial charge in [-0.05, 0) is 17.7 Å².